The van der Waals surface area contributed by atoms with E-state index in [1.165, 1.54) is 5.41 Å². The van der Waals surface area contributed by atoms with Crippen LogP contribution in [0, 0.1) is 0 Å². The first-order chi connectivity index (χ1) is 6.13. The van der Waals surface area contributed by atoms with E-state index in [9.17, 15) is 4.21 Å². The van der Waals surface area contributed by atoms with Gasteiger partial charge < -0.3 is 0 Å². The molecule has 0 saturated carbocycles. The second kappa shape index (κ2) is 4.80. The molecule has 0 aliphatic rings. The first-order valence-corrected chi connectivity index (χ1v) is 5.71. The SMILES string of the molecule is C=CS(=O)Cc1ccc(Cl)cc1Cl. The molecule has 0 aliphatic heterocycles. The monoisotopic (exact) mass is 234 g/mol. The third-order valence-corrected chi connectivity index (χ3v) is 3.05. The quantitative estimate of drug-likeness (QED) is 0.784. The van der Waals surface area contributed by atoms with Gasteiger partial charge in [0.15, 0.2) is 0 Å². The number of hydrogen-bond acceptors (Lipinski definition) is 1. The zero-order valence-corrected chi connectivity index (χ0v) is 9.12. The van der Waals surface area contributed by atoms with Gasteiger partial charge in [0.25, 0.3) is 0 Å². The van der Waals surface area contributed by atoms with Crippen LogP contribution in [0.3, 0.4) is 0 Å². The van der Waals surface area contributed by atoms with Crippen LogP contribution < -0.4 is 0 Å². The summed E-state index contributed by atoms with van der Waals surface area (Å²) in [5.74, 6) is 0.388. The van der Waals surface area contributed by atoms with Crippen LogP contribution in [0.15, 0.2) is 30.2 Å². The molecule has 1 rings (SSSR count). The number of halogens is 2. The normalized spacial score (nSPS) is 12.5. The van der Waals surface area contributed by atoms with Gasteiger partial charge in [0.1, 0.15) is 0 Å². The standard InChI is InChI=1S/C9H8Cl2OS/c1-2-13(12)6-7-3-4-8(10)5-9(7)11/h2-5H,1,6H2. The van der Waals surface area contributed by atoms with Crippen molar-refractivity contribution in [2.24, 2.45) is 0 Å². The van der Waals surface area contributed by atoms with Gasteiger partial charge in [-0.3, -0.25) is 4.21 Å². The molecule has 4 heteroatoms. The van der Waals surface area contributed by atoms with Crippen LogP contribution >= 0.6 is 23.2 Å². The molecule has 1 aromatic rings. The zero-order valence-electron chi connectivity index (χ0n) is 6.80. The van der Waals surface area contributed by atoms with E-state index >= 15 is 0 Å². The highest BCUT2D eigenvalue weighted by molar-refractivity contribution is 7.87. The highest BCUT2D eigenvalue weighted by atomic mass is 35.5. The van der Waals surface area contributed by atoms with Gasteiger partial charge in [-0.1, -0.05) is 35.8 Å². The molecule has 0 N–H and O–H groups in total. The predicted octanol–water partition coefficient (Wildman–Crippen LogP) is 3.39. The lowest BCUT2D eigenvalue weighted by molar-refractivity contribution is 0.688. The van der Waals surface area contributed by atoms with Gasteiger partial charge in [-0.2, -0.15) is 0 Å². The average Bonchev–Trinajstić information content (AvgIpc) is 2.09. The predicted molar refractivity (Wildman–Crippen MR) is 58.5 cm³/mol. The fraction of sp³-hybridized carbons (Fsp3) is 0.111. The molecule has 1 unspecified atom stereocenters. The Hall–Kier alpha value is -0.310. The molecule has 0 radical (unpaired) electrons. The number of hydrogen-bond donors (Lipinski definition) is 0. The lowest BCUT2D eigenvalue weighted by atomic mass is 10.2. The Morgan fingerprint density at radius 3 is 2.69 bits per heavy atom. The minimum absolute atomic E-state index is 0.388. The average molecular weight is 235 g/mol. The van der Waals surface area contributed by atoms with E-state index in [0.29, 0.717) is 15.8 Å². The van der Waals surface area contributed by atoms with E-state index in [2.05, 4.69) is 6.58 Å². The Bertz CT molecular complexity index is 349. The first kappa shape index (κ1) is 10.8. The van der Waals surface area contributed by atoms with Gasteiger partial charge in [-0.15, -0.1) is 0 Å². The summed E-state index contributed by atoms with van der Waals surface area (Å²) in [4.78, 5) is 0. The summed E-state index contributed by atoms with van der Waals surface area (Å²) >= 11 is 11.6. The largest absolute Gasteiger partial charge is 0.255 e. The van der Waals surface area contributed by atoms with Crippen molar-refractivity contribution in [1.82, 2.24) is 0 Å². The molecule has 0 aliphatic carbocycles. The van der Waals surface area contributed by atoms with E-state index in [-0.39, 0.29) is 0 Å². The van der Waals surface area contributed by atoms with Crippen LogP contribution in [-0.4, -0.2) is 4.21 Å². The molecule has 1 nitrogen and oxygen atoms in total. The van der Waals surface area contributed by atoms with E-state index in [1.54, 1.807) is 18.2 Å². The van der Waals surface area contributed by atoms with E-state index in [4.69, 9.17) is 23.2 Å². The third-order valence-electron chi connectivity index (χ3n) is 1.50. The molecule has 0 spiro atoms. The molecule has 0 fully saturated rings. The van der Waals surface area contributed by atoms with Crippen molar-refractivity contribution in [3.05, 3.63) is 45.8 Å². The molecular weight excluding hydrogens is 227 g/mol. The Balaban J connectivity index is 2.89. The van der Waals surface area contributed by atoms with Gasteiger partial charge in [0, 0.05) is 20.8 Å². The topological polar surface area (TPSA) is 17.1 Å². The fourth-order valence-electron chi connectivity index (χ4n) is 0.851. The molecule has 1 aromatic carbocycles. The van der Waals surface area contributed by atoms with Crippen LogP contribution in [0.2, 0.25) is 10.0 Å². The summed E-state index contributed by atoms with van der Waals surface area (Å²) in [5, 5.41) is 2.52. The smallest absolute Gasteiger partial charge is 0.0541 e. The van der Waals surface area contributed by atoms with Crippen molar-refractivity contribution in [2.75, 3.05) is 0 Å². The van der Waals surface area contributed by atoms with Crippen LogP contribution in [0.5, 0.6) is 0 Å². The summed E-state index contributed by atoms with van der Waals surface area (Å²) in [7, 11) is -1.06. The lowest BCUT2D eigenvalue weighted by Gasteiger charge is -2.01. The molecular formula is C9H8Cl2OS. The number of benzene rings is 1. The molecule has 0 saturated heterocycles. The highest BCUT2D eigenvalue weighted by Gasteiger charge is 2.03. The van der Waals surface area contributed by atoms with Crippen molar-refractivity contribution < 1.29 is 4.21 Å². The second-order valence-corrected chi connectivity index (χ2v) is 4.65. The number of rotatable bonds is 3. The minimum atomic E-state index is -1.06. The maximum atomic E-state index is 11.1. The molecule has 70 valence electrons. The highest BCUT2D eigenvalue weighted by Crippen LogP contribution is 2.22. The summed E-state index contributed by atoms with van der Waals surface area (Å²) in [6.07, 6.45) is 0. The summed E-state index contributed by atoms with van der Waals surface area (Å²) < 4.78 is 11.1. The van der Waals surface area contributed by atoms with Crippen molar-refractivity contribution in [1.29, 1.82) is 0 Å². The Labute approximate surface area is 89.8 Å². The minimum Gasteiger partial charge on any atom is -0.255 e. The third kappa shape index (κ3) is 3.14. The first-order valence-electron chi connectivity index (χ1n) is 3.57. The van der Waals surface area contributed by atoms with Crippen molar-refractivity contribution in [3.8, 4) is 0 Å². The maximum absolute atomic E-state index is 11.1. The molecule has 1 atom stereocenters. The molecule has 13 heavy (non-hydrogen) atoms. The van der Waals surface area contributed by atoms with E-state index < -0.39 is 10.8 Å². The van der Waals surface area contributed by atoms with Crippen LogP contribution in [-0.2, 0) is 16.6 Å². The van der Waals surface area contributed by atoms with Gasteiger partial charge >= 0.3 is 0 Å². The molecule has 0 amide bonds. The van der Waals surface area contributed by atoms with Gasteiger partial charge in [-0.05, 0) is 23.1 Å². The van der Waals surface area contributed by atoms with Crippen molar-refractivity contribution in [2.45, 2.75) is 5.75 Å². The lowest BCUT2D eigenvalue weighted by Crippen LogP contribution is -1.91. The maximum Gasteiger partial charge on any atom is 0.0541 e. The summed E-state index contributed by atoms with van der Waals surface area (Å²) in [5.41, 5.74) is 0.823. The fourth-order valence-corrected chi connectivity index (χ4v) is 2.08. The van der Waals surface area contributed by atoms with Crippen LogP contribution in [0.1, 0.15) is 5.56 Å². The van der Waals surface area contributed by atoms with Crippen molar-refractivity contribution >= 4 is 34.0 Å². The van der Waals surface area contributed by atoms with Crippen molar-refractivity contribution in [3.63, 3.8) is 0 Å². The molecule has 0 bridgehead atoms. The summed E-state index contributed by atoms with van der Waals surface area (Å²) in [6.45, 7) is 3.43. The van der Waals surface area contributed by atoms with Gasteiger partial charge in [-0.25, -0.2) is 0 Å². The van der Waals surface area contributed by atoms with E-state index in [0.717, 1.165) is 5.56 Å². The zero-order chi connectivity index (χ0) is 9.84. The Kier molecular flexibility index (Phi) is 3.97. The molecule has 0 aromatic heterocycles. The van der Waals surface area contributed by atoms with Gasteiger partial charge in [0.05, 0.1) is 5.75 Å². The van der Waals surface area contributed by atoms with E-state index in [1.807, 2.05) is 0 Å². The van der Waals surface area contributed by atoms with Crippen LogP contribution in [0.25, 0.3) is 0 Å². The Morgan fingerprint density at radius 1 is 1.46 bits per heavy atom. The van der Waals surface area contributed by atoms with Crippen LogP contribution in [0.4, 0.5) is 0 Å². The Morgan fingerprint density at radius 2 is 2.15 bits per heavy atom. The second-order valence-electron chi connectivity index (χ2n) is 2.43. The summed E-state index contributed by atoms with van der Waals surface area (Å²) in [6, 6.07) is 5.13. The van der Waals surface area contributed by atoms with Gasteiger partial charge in [0.2, 0.25) is 0 Å². The molecule has 0 heterocycles.